The lowest BCUT2D eigenvalue weighted by Crippen LogP contribution is -2.57. The van der Waals surface area contributed by atoms with Gasteiger partial charge in [0.15, 0.2) is 0 Å². The van der Waals surface area contributed by atoms with E-state index >= 15 is 0 Å². The lowest BCUT2D eigenvalue weighted by Gasteiger charge is -2.27. The number of alkyl halides is 7. The zero-order chi connectivity index (χ0) is 30.9. The molecule has 14 heteroatoms. The first kappa shape index (κ1) is 30.4. The highest BCUT2D eigenvalue weighted by atomic mass is 35.5. The topological polar surface area (TPSA) is 83.4 Å². The standard InChI is InChI=1S/C28H18ClF7N4O2/c1-15(17-9-5-10-18(13-17)37-25(42)26(30,31)27(32,33)28(34,35)36)39-40-24(41)20-14-22(16-7-3-2-4-8-16)38-23-19(20)11-6-12-21(23)29/h2-14H,1H3,(H,37,42)(H,40,41)/b39-15+. The molecule has 0 bridgehead atoms. The Kier molecular flexibility index (Phi) is 8.26. The number of pyridine rings is 1. The molecule has 4 rings (SSSR count). The first-order valence-corrected chi connectivity index (χ1v) is 12.2. The second-order valence-corrected chi connectivity index (χ2v) is 9.28. The van der Waals surface area contributed by atoms with Crippen LogP contribution in [0.3, 0.4) is 0 Å². The van der Waals surface area contributed by atoms with E-state index in [1.54, 1.807) is 48.5 Å². The van der Waals surface area contributed by atoms with Crippen molar-refractivity contribution in [2.45, 2.75) is 24.9 Å². The summed E-state index contributed by atoms with van der Waals surface area (Å²) in [5, 5.41) is 6.07. The molecule has 42 heavy (non-hydrogen) atoms. The number of carbonyl (C=O) groups is 2. The molecule has 0 aliphatic heterocycles. The molecule has 0 unspecified atom stereocenters. The summed E-state index contributed by atoms with van der Waals surface area (Å²) in [6.07, 6.45) is -6.66. The van der Waals surface area contributed by atoms with Gasteiger partial charge < -0.3 is 5.32 Å². The molecule has 4 aromatic rings. The number of amides is 2. The lowest BCUT2D eigenvalue weighted by atomic mass is 10.0. The Labute approximate surface area is 238 Å². The molecule has 218 valence electrons. The third-order valence-electron chi connectivity index (χ3n) is 6.00. The van der Waals surface area contributed by atoms with Crippen molar-refractivity contribution < 1.29 is 40.3 Å². The number of hydrogen-bond acceptors (Lipinski definition) is 4. The summed E-state index contributed by atoms with van der Waals surface area (Å²) < 4.78 is 91.1. The van der Waals surface area contributed by atoms with Crippen LogP contribution in [0.25, 0.3) is 22.2 Å². The van der Waals surface area contributed by atoms with Crippen molar-refractivity contribution in [2.75, 3.05) is 5.32 Å². The van der Waals surface area contributed by atoms with Crippen molar-refractivity contribution >= 4 is 45.7 Å². The molecule has 0 atom stereocenters. The van der Waals surface area contributed by atoms with Crippen molar-refractivity contribution in [1.29, 1.82) is 0 Å². The Balaban J connectivity index is 1.58. The highest BCUT2D eigenvalue weighted by molar-refractivity contribution is 6.35. The monoisotopic (exact) mass is 610 g/mol. The van der Waals surface area contributed by atoms with E-state index in [9.17, 15) is 40.3 Å². The Morgan fingerprint density at radius 3 is 2.19 bits per heavy atom. The molecule has 0 aliphatic rings. The predicted molar refractivity (Wildman–Crippen MR) is 143 cm³/mol. The van der Waals surface area contributed by atoms with Crippen LogP contribution in [0.1, 0.15) is 22.8 Å². The van der Waals surface area contributed by atoms with E-state index in [0.29, 0.717) is 27.2 Å². The molecular formula is C28H18ClF7N4O2. The summed E-state index contributed by atoms with van der Waals surface area (Å²) in [5.74, 6) is -16.2. The zero-order valence-electron chi connectivity index (χ0n) is 21.2. The van der Waals surface area contributed by atoms with E-state index < -0.39 is 35.5 Å². The fourth-order valence-electron chi connectivity index (χ4n) is 3.77. The van der Waals surface area contributed by atoms with Crippen LogP contribution in [0.4, 0.5) is 36.4 Å². The SMILES string of the molecule is C/C(=N\NC(=O)c1cc(-c2ccccc2)nc2c(Cl)cccc12)c1cccc(NC(=O)C(F)(F)C(F)(F)C(F)(F)F)c1. The molecule has 0 saturated carbocycles. The van der Waals surface area contributed by atoms with Gasteiger partial charge in [-0.05, 0) is 36.8 Å². The number of aromatic nitrogens is 1. The van der Waals surface area contributed by atoms with Crippen LogP contribution in [0.15, 0.2) is 84.0 Å². The van der Waals surface area contributed by atoms with Gasteiger partial charge >= 0.3 is 23.9 Å². The minimum Gasteiger partial charge on any atom is -0.321 e. The number of halogens is 8. The van der Waals surface area contributed by atoms with Gasteiger partial charge in [0.1, 0.15) is 0 Å². The van der Waals surface area contributed by atoms with Gasteiger partial charge in [-0.1, -0.05) is 66.2 Å². The number of hydrogen-bond donors (Lipinski definition) is 2. The van der Waals surface area contributed by atoms with E-state index in [1.807, 2.05) is 6.07 Å². The van der Waals surface area contributed by atoms with E-state index in [4.69, 9.17) is 11.6 Å². The number of benzene rings is 3. The number of rotatable bonds is 7. The summed E-state index contributed by atoms with van der Waals surface area (Å²) in [6.45, 7) is 1.39. The number of carbonyl (C=O) groups excluding carboxylic acids is 2. The Morgan fingerprint density at radius 2 is 1.52 bits per heavy atom. The maximum atomic E-state index is 13.7. The van der Waals surface area contributed by atoms with Gasteiger partial charge in [0.05, 0.1) is 27.5 Å². The van der Waals surface area contributed by atoms with Crippen molar-refractivity contribution in [1.82, 2.24) is 10.4 Å². The summed E-state index contributed by atoms with van der Waals surface area (Å²) >= 11 is 6.33. The van der Waals surface area contributed by atoms with E-state index in [2.05, 4.69) is 15.5 Å². The van der Waals surface area contributed by atoms with Crippen molar-refractivity contribution in [3.8, 4) is 11.3 Å². The van der Waals surface area contributed by atoms with Crippen LogP contribution in [0.5, 0.6) is 0 Å². The van der Waals surface area contributed by atoms with Gasteiger partial charge in [0.2, 0.25) is 0 Å². The number of fused-ring (bicyclic) bond motifs is 1. The Morgan fingerprint density at radius 1 is 0.857 bits per heavy atom. The largest absolute Gasteiger partial charge is 0.460 e. The summed E-state index contributed by atoms with van der Waals surface area (Å²) in [7, 11) is 0. The van der Waals surface area contributed by atoms with Crippen LogP contribution >= 0.6 is 11.6 Å². The third-order valence-corrected chi connectivity index (χ3v) is 6.31. The third kappa shape index (κ3) is 5.91. The number of anilines is 1. The molecule has 0 fully saturated rings. The second-order valence-electron chi connectivity index (χ2n) is 8.88. The van der Waals surface area contributed by atoms with E-state index in [1.165, 1.54) is 24.4 Å². The summed E-state index contributed by atoms with van der Waals surface area (Å²) in [6, 6.07) is 20.0. The second kappa shape index (κ2) is 11.4. The predicted octanol–water partition coefficient (Wildman–Crippen LogP) is 7.48. The number of nitrogens with one attached hydrogen (secondary N) is 2. The van der Waals surface area contributed by atoms with Crippen LogP contribution in [-0.4, -0.2) is 40.5 Å². The van der Waals surface area contributed by atoms with Gasteiger partial charge in [0.25, 0.3) is 5.91 Å². The van der Waals surface area contributed by atoms with Gasteiger partial charge in [-0.25, -0.2) is 10.4 Å². The van der Waals surface area contributed by atoms with Gasteiger partial charge in [-0.15, -0.1) is 0 Å². The average molecular weight is 611 g/mol. The summed E-state index contributed by atoms with van der Waals surface area (Å²) in [5.41, 5.74) is 3.74. The van der Waals surface area contributed by atoms with Crippen molar-refractivity contribution in [3.05, 3.63) is 95.0 Å². The first-order valence-electron chi connectivity index (χ1n) is 11.9. The van der Waals surface area contributed by atoms with Crippen molar-refractivity contribution in [2.24, 2.45) is 5.10 Å². The smallest absolute Gasteiger partial charge is 0.321 e. The molecule has 1 aromatic heterocycles. The zero-order valence-corrected chi connectivity index (χ0v) is 22.0. The maximum Gasteiger partial charge on any atom is 0.460 e. The highest BCUT2D eigenvalue weighted by Gasteiger charge is 2.76. The summed E-state index contributed by atoms with van der Waals surface area (Å²) in [4.78, 5) is 29.5. The fourth-order valence-corrected chi connectivity index (χ4v) is 3.99. The average Bonchev–Trinajstić information content (AvgIpc) is 2.95. The number of nitrogens with zero attached hydrogens (tertiary/aromatic N) is 2. The molecule has 0 aliphatic carbocycles. The molecule has 0 spiro atoms. The van der Waals surface area contributed by atoms with Crippen molar-refractivity contribution in [3.63, 3.8) is 0 Å². The van der Waals surface area contributed by atoms with Gasteiger partial charge in [-0.3, -0.25) is 9.59 Å². The highest BCUT2D eigenvalue weighted by Crippen LogP contribution is 2.47. The Hall–Kier alpha value is -4.52. The van der Waals surface area contributed by atoms with Gasteiger partial charge in [-0.2, -0.15) is 35.8 Å². The molecule has 2 N–H and O–H groups in total. The fraction of sp³-hybridized carbons (Fsp3) is 0.143. The first-order chi connectivity index (χ1) is 19.6. The minimum absolute atomic E-state index is 0.0755. The molecule has 6 nitrogen and oxygen atoms in total. The van der Waals surface area contributed by atoms with Crippen LogP contribution in [0.2, 0.25) is 5.02 Å². The molecule has 0 radical (unpaired) electrons. The normalized spacial score (nSPS) is 12.7. The lowest BCUT2D eigenvalue weighted by molar-refractivity contribution is -0.343. The van der Waals surface area contributed by atoms with Crippen LogP contribution in [0, 0.1) is 0 Å². The van der Waals surface area contributed by atoms with Gasteiger partial charge in [0, 0.05) is 16.6 Å². The van der Waals surface area contributed by atoms with Crippen LogP contribution < -0.4 is 10.7 Å². The minimum atomic E-state index is -6.66. The maximum absolute atomic E-state index is 13.7. The quantitative estimate of drug-likeness (QED) is 0.129. The number of hydrazone groups is 1. The molecule has 1 heterocycles. The molecule has 0 saturated heterocycles. The van der Waals surface area contributed by atoms with E-state index in [0.717, 1.165) is 12.1 Å². The molecular weight excluding hydrogens is 593 g/mol. The molecule has 2 amide bonds. The van der Waals surface area contributed by atoms with E-state index in [-0.39, 0.29) is 16.8 Å². The number of para-hydroxylation sites is 1. The molecule has 3 aromatic carbocycles. The van der Waals surface area contributed by atoms with Crippen LogP contribution in [-0.2, 0) is 4.79 Å². The Bertz CT molecular complexity index is 1690.